The van der Waals surface area contributed by atoms with Gasteiger partial charge in [-0.1, -0.05) is 52.8 Å². The van der Waals surface area contributed by atoms with Crippen molar-refractivity contribution in [3.05, 3.63) is 77.3 Å². The fourth-order valence-corrected chi connectivity index (χ4v) is 5.17. The van der Waals surface area contributed by atoms with Gasteiger partial charge in [0.15, 0.2) is 0 Å². The molecule has 0 bridgehead atoms. The molecule has 0 spiro atoms. The van der Waals surface area contributed by atoms with Crippen molar-refractivity contribution >= 4 is 37.8 Å². The standard InChI is InChI=1S/C21H19BrO4S2/c1-2-14-25-17-9-11-19(12-10-17)27-20-13-8-16(22)15-21(20)28(23,24)26-18-6-4-3-5-7-18/h3-13,15H,2,14H2,1H3. The van der Waals surface area contributed by atoms with Gasteiger partial charge < -0.3 is 8.92 Å². The van der Waals surface area contributed by atoms with Crippen LogP contribution in [0.2, 0.25) is 0 Å². The van der Waals surface area contributed by atoms with Crippen LogP contribution < -0.4 is 8.92 Å². The highest BCUT2D eigenvalue weighted by molar-refractivity contribution is 9.10. The number of ether oxygens (including phenoxy) is 1. The first-order valence-electron chi connectivity index (χ1n) is 8.68. The van der Waals surface area contributed by atoms with Crippen LogP contribution in [0.3, 0.4) is 0 Å². The zero-order valence-corrected chi connectivity index (χ0v) is 18.4. The van der Waals surface area contributed by atoms with Crippen molar-refractivity contribution in [2.24, 2.45) is 0 Å². The summed E-state index contributed by atoms with van der Waals surface area (Å²) in [5, 5.41) is 0. The van der Waals surface area contributed by atoms with E-state index < -0.39 is 10.1 Å². The van der Waals surface area contributed by atoms with E-state index in [1.165, 1.54) is 11.8 Å². The molecule has 0 fully saturated rings. The fraction of sp³-hybridized carbons (Fsp3) is 0.143. The average molecular weight is 479 g/mol. The molecule has 28 heavy (non-hydrogen) atoms. The molecule has 3 aromatic rings. The molecule has 0 saturated carbocycles. The summed E-state index contributed by atoms with van der Waals surface area (Å²) >= 11 is 4.70. The van der Waals surface area contributed by atoms with E-state index in [9.17, 15) is 8.42 Å². The molecule has 0 heterocycles. The Morgan fingerprint density at radius 1 is 0.929 bits per heavy atom. The summed E-state index contributed by atoms with van der Waals surface area (Å²) in [5.41, 5.74) is 0. The van der Waals surface area contributed by atoms with Crippen LogP contribution in [0.5, 0.6) is 11.5 Å². The molecule has 3 aromatic carbocycles. The normalized spacial score (nSPS) is 11.2. The SMILES string of the molecule is CCCOc1ccc(Sc2ccc(Br)cc2S(=O)(=O)Oc2ccccc2)cc1. The largest absolute Gasteiger partial charge is 0.494 e. The van der Waals surface area contributed by atoms with Gasteiger partial charge in [0, 0.05) is 14.3 Å². The van der Waals surface area contributed by atoms with Gasteiger partial charge >= 0.3 is 10.1 Å². The predicted molar refractivity (Wildman–Crippen MR) is 115 cm³/mol. The third-order valence-electron chi connectivity index (χ3n) is 3.65. The fourth-order valence-electron chi connectivity index (χ4n) is 2.36. The van der Waals surface area contributed by atoms with Gasteiger partial charge in [-0.15, -0.1) is 0 Å². The number of halogens is 1. The lowest BCUT2D eigenvalue weighted by molar-refractivity contribution is 0.317. The van der Waals surface area contributed by atoms with Crippen LogP contribution in [-0.2, 0) is 10.1 Å². The maximum Gasteiger partial charge on any atom is 0.340 e. The second-order valence-electron chi connectivity index (χ2n) is 5.86. The van der Waals surface area contributed by atoms with Crippen molar-refractivity contribution in [1.29, 1.82) is 0 Å². The van der Waals surface area contributed by atoms with Crippen LogP contribution in [-0.4, -0.2) is 15.0 Å². The van der Waals surface area contributed by atoms with E-state index in [0.29, 0.717) is 16.0 Å². The number of rotatable bonds is 8. The monoisotopic (exact) mass is 478 g/mol. The van der Waals surface area contributed by atoms with Gasteiger partial charge in [0.25, 0.3) is 0 Å². The Morgan fingerprint density at radius 2 is 1.64 bits per heavy atom. The number of hydrogen-bond donors (Lipinski definition) is 0. The quantitative estimate of drug-likeness (QED) is 0.363. The zero-order chi connectivity index (χ0) is 20.0. The van der Waals surface area contributed by atoms with Crippen molar-refractivity contribution in [1.82, 2.24) is 0 Å². The highest BCUT2D eigenvalue weighted by Crippen LogP contribution is 2.36. The summed E-state index contributed by atoms with van der Waals surface area (Å²) in [6, 6.07) is 21.2. The molecule has 0 saturated heterocycles. The van der Waals surface area contributed by atoms with E-state index in [-0.39, 0.29) is 10.6 Å². The van der Waals surface area contributed by atoms with Crippen molar-refractivity contribution in [3.63, 3.8) is 0 Å². The minimum Gasteiger partial charge on any atom is -0.494 e. The molecular weight excluding hydrogens is 460 g/mol. The van der Waals surface area contributed by atoms with E-state index in [1.54, 1.807) is 42.5 Å². The van der Waals surface area contributed by atoms with Crippen LogP contribution in [0.1, 0.15) is 13.3 Å². The lowest BCUT2D eigenvalue weighted by Crippen LogP contribution is -2.11. The summed E-state index contributed by atoms with van der Waals surface area (Å²) in [5.74, 6) is 1.07. The minimum absolute atomic E-state index is 0.113. The van der Waals surface area contributed by atoms with E-state index >= 15 is 0 Å². The van der Waals surface area contributed by atoms with E-state index in [4.69, 9.17) is 8.92 Å². The Labute approximate surface area is 178 Å². The van der Waals surface area contributed by atoms with Gasteiger partial charge in [-0.25, -0.2) is 0 Å². The lowest BCUT2D eigenvalue weighted by atomic mass is 10.3. The van der Waals surface area contributed by atoms with Crippen LogP contribution in [0.4, 0.5) is 0 Å². The summed E-state index contributed by atoms with van der Waals surface area (Å²) in [6.07, 6.45) is 0.942. The van der Waals surface area contributed by atoms with E-state index in [2.05, 4.69) is 22.9 Å². The first-order valence-corrected chi connectivity index (χ1v) is 11.7. The molecule has 0 aliphatic carbocycles. The molecule has 0 N–H and O–H groups in total. The smallest absolute Gasteiger partial charge is 0.340 e. The molecule has 3 rings (SSSR count). The van der Waals surface area contributed by atoms with Gasteiger partial charge in [-0.05, 0) is 61.0 Å². The predicted octanol–water partition coefficient (Wildman–Crippen LogP) is 6.16. The maximum absolute atomic E-state index is 12.9. The van der Waals surface area contributed by atoms with Crippen LogP contribution >= 0.6 is 27.7 Å². The maximum atomic E-state index is 12.9. The molecule has 0 amide bonds. The Hall–Kier alpha value is -1.96. The molecule has 0 unspecified atom stereocenters. The van der Waals surface area contributed by atoms with Crippen molar-refractivity contribution in [2.45, 2.75) is 28.0 Å². The third kappa shape index (κ3) is 5.53. The van der Waals surface area contributed by atoms with Crippen molar-refractivity contribution < 1.29 is 17.3 Å². The Balaban J connectivity index is 1.86. The molecule has 0 aliphatic rings. The Bertz CT molecular complexity index is 1020. The number of para-hydroxylation sites is 1. The number of benzene rings is 3. The summed E-state index contributed by atoms with van der Waals surface area (Å²) in [7, 11) is -3.98. The van der Waals surface area contributed by atoms with E-state index in [0.717, 1.165) is 17.1 Å². The lowest BCUT2D eigenvalue weighted by Gasteiger charge is -2.12. The molecule has 0 atom stereocenters. The Kier molecular flexibility index (Phi) is 7.04. The highest BCUT2D eigenvalue weighted by atomic mass is 79.9. The van der Waals surface area contributed by atoms with Crippen molar-refractivity contribution in [2.75, 3.05) is 6.61 Å². The first kappa shape index (κ1) is 20.8. The molecule has 4 nitrogen and oxygen atoms in total. The second kappa shape index (κ2) is 9.49. The van der Waals surface area contributed by atoms with E-state index in [1.807, 2.05) is 30.3 Å². The summed E-state index contributed by atoms with van der Waals surface area (Å²) < 4.78 is 37.3. The van der Waals surface area contributed by atoms with Gasteiger partial charge in [0.2, 0.25) is 0 Å². The third-order valence-corrected chi connectivity index (χ3v) is 6.64. The molecule has 0 radical (unpaired) electrons. The zero-order valence-electron chi connectivity index (χ0n) is 15.2. The summed E-state index contributed by atoms with van der Waals surface area (Å²) in [4.78, 5) is 1.60. The first-order chi connectivity index (χ1) is 13.5. The van der Waals surface area contributed by atoms with Gasteiger partial charge in [-0.3, -0.25) is 0 Å². The van der Waals surface area contributed by atoms with Gasteiger partial charge in [-0.2, -0.15) is 8.42 Å². The number of hydrogen-bond acceptors (Lipinski definition) is 5. The summed E-state index contributed by atoms with van der Waals surface area (Å²) in [6.45, 7) is 2.72. The molecule has 0 aromatic heterocycles. The topological polar surface area (TPSA) is 52.6 Å². The van der Waals surface area contributed by atoms with Crippen molar-refractivity contribution in [3.8, 4) is 11.5 Å². The Morgan fingerprint density at radius 3 is 2.32 bits per heavy atom. The minimum atomic E-state index is -3.98. The van der Waals surface area contributed by atoms with Crippen LogP contribution in [0.25, 0.3) is 0 Å². The molecule has 0 aliphatic heterocycles. The van der Waals surface area contributed by atoms with Gasteiger partial charge in [0.1, 0.15) is 16.4 Å². The van der Waals surface area contributed by atoms with Gasteiger partial charge in [0.05, 0.1) is 6.61 Å². The van der Waals surface area contributed by atoms with Crippen LogP contribution in [0, 0.1) is 0 Å². The molecular formula is C21H19BrO4S2. The highest BCUT2D eigenvalue weighted by Gasteiger charge is 2.22. The molecule has 7 heteroatoms. The second-order valence-corrected chi connectivity index (χ2v) is 9.41. The average Bonchev–Trinajstić information content (AvgIpc) is 2.69. The molecule has 146 valence electrons. The van der Waals surface area contributed by atoms with Crippen LogP contribution in [0.15, 0.2) is 92.0 Å².